The highest BCUT2D eigenvalue weighted by atomic mass is 16.5. The van der Waals surface area contributed by atoms with Gasteiger partial charge >= 0.3 is 0 Å². The van der Waals surface area contributed by atoms with Crippen molar-refractivity contribution in [3.05, 3.63) is 0 Å². The van der Waals surface area contributed by atoms with Gasteiger partial charge in [0.1, 0.15) is 0 Å². The van der Waals surface area contributed by atoms with Gasteiger partial charge in [-0.2, -0.15) is 0 Å². The molecule has 18 heavy (non-hydrogen) atoms. The number of nitrogens with one attached hydrogen (secondary N) is 1. The number of carbonyl (C=O) groups is 1. The molecule has 0 spiro atoms. The fourth-order valence-corrected chi connectivity index (χ4v) is 2.96. The number of ether oxygens (including phenoxy) is 1. The maximum atomic E-state index is 12.0. The lowest BCUT2D eigenvalue weighted by Crippen LogP contribution is -2.44. The smallest absolute Gasteiger partial charge is 0.225 e. The summed E-state index contributed by atoms with van der Waals surface area (Å²) in [5.74, 6) is 0.00593. The molecule has 2 atom stereocenters. The standard InChI is InChI=1S/C14H25NO3/c1-11-8-12(9-18-11)13(16)15-10-14(17)6-4-2-3-5-7-14/h11-12,17H,2-10H2,1H3,(H,15,16). The van der Waals surface area contributed by atoms with Crippen LogP contribution in [0.25, 0.3) is 0 Å². The number of rotatable bonds is 3. The summed E-state index contributed by atoms with van der Waals surface area (Å²) in [7, 11) is 0. The Morgan fingerprint density at radius 1 is 1.33 bits per heavy atom. The summed E-state index contributed by atoms with van der Waals surface area (Å²) in [5.41, 5.74) is -0.683. The molecule has 4 heteroatoms. The molecule has 0 aromatic heterocycles. The van der Waals surface area contributed by atoms with Crippen LogP contribution in [-0.2, 0) is 9.53 Å². The second kappa shape index (κ2) is 6.02. The molecule has 2 fully saturated rings. The Balaban J connectivity index is 1.77. The van der Waals surface area contributed by atoms with Gasteiger partial charge in [-0.25, -0.2) is 0 Å². The zero-order valence-electron chi connectivity index (χ0n) is 11.3. The van der Waals surface area contributed by atoms with Crippen molar-refractivity contribution >= 4 is 5.91 Å². The first-order valence-corrected chi connectivity index (χ1v) is 7.21. The lowest BCUT2D eigenvalue weighted by atomic mass is 9.94. The summed E-state index contributed by atoms with van der Waals surface area (Å²) < 4.78 is 5.40. The molecule has 2 rings (SSSR count). The van der Waals surface area contributed by atoms with E-state index < -0.39 is 5.60 Å². The molecule has 0 radical (unpaired) electrons. The number of aliphatic hydroxyl groups is 1. The number of hydrogen-bond acceptors (Lipinski definition) is 3. The molecule has 1 heterocycles. The Labute approximate surface area is 109 Å². The lowest BCUT2D eigenvalue weighted by Gasteiger charge is -2.27. The van der Waals surface area contributed by atoms with E-state index in [0.29, 0.717) is 13.2 Å². The van der Waals surface area contributed by atoms with E-state index in [4.69, 9.17) is 4.74 Å². The average molecular weight is 255 g/mol. The maximum Gasteiger partial charge on any atom is 0.225 e. The number of carbonyl (C=O) groups excluding carboxylic acids is 1. The summed E-state index contributed by atoms with van der Waals surface area (Å²) in [6.45, 7) is 2.91. The van der Waals surface area contributed by atoms with Gasteiger partial charge in [-0.15, -0.1) is 0 Å². The van der Waals surface area contributed by atoms with Crippen LogP contribution in [0.15, 0.2) is 0 Å². The van der Waals surface area contributed by atoms with Crippen molar-refractivity contribution in [3.8, 4) is 0 Å². The molecule has 1 aliphatic carbocycles. The Hall–Kier alpha value is -0.610. The van der Waals surface area contributed by atoms with Crippen molar-refractivity contribution in [2.75, 3.05) is 13.2 Å². The van der Waals surface area contributed by atoms with Gasteiger partial charge < -0.3 is 15.2 Å². The van der Waals surface area contributed by atoms with Gasteiger partial charge in [-0.1, -0.05) is 25.7 Å². The van der Waals surface area contributed by atoms with Gasteiger partial charge in [-0.3, -0.25) is 4.79 Å². The Bertz CT molecular complexity index is 285. The predicted octanol–water partition coefficient (Wildman–Crippen LogP) is 1.61. The van der Waals surface area contributed by atoms with Crippen LogP contribution in [0.3, 0.4) is 0 Å². The fraction of sp³-hybridized carbons (Fsp3) is 0.929. The van der Waals surface area contributed by atoms with Crippen LogP contribution in [-0.4, -0.2) is 35.9 Å². The maximum absolute atomic E-state index is 12.0. The minimum atomic E-state index is -0.683. The van der Waals surface area contributed by atoms with E-state index in [2.05, 4.69) is 5.32 Å². The second-order valence-electron chi connectivity index (χ2n) is 5.93. The average Bonchev–Trinajstić information content (AvgIpc) is 2.66. The molecule has 4 nitrogen and oxygen atoms in total. The summed E-state index contributed by atoms with van der Waals surface area (Å²) in [5, 5.41) is 13.4. The van der Waals surface area contributed by atoms with Gasteiger partial charge in [0.05, 0.1) is 24.2 Å². The van der Waals surface area contributed by atoms with E-state index in [9.17, 15) is 9.90 Å². The second-order valence-corrected chi connectivity index (χ2v) is 5.93. The van der Waals surface area contributed by atoms with Crippen LogP contribution in [0.5, 0.6) is 0 Å². The van der Waals surface area contributed by atoms with E-state index in [1.54, 1.807) is 0 Å². The van der Waals surface area contributed by atoms with Gasteiger partial charge in [-0.05, 0) is 26.2 Å². The Morgan fingerprint density at radius 2 is 2.00 bits per heavy atom. The van der Waals surface area contributed by atoms with Crippen LogP contribution >= 0.6 is 0 Å². The quantitative estimate of drug-likeness (QED) is 0.753. The zero-order valence-corrected chi connectivity index (χ0v) is 11.3. The predicted molar refractivity (Wildman–Crippen MR) is 69.2 cm³/mol. The van der Waals surface area contributed by atoms with Gasteiger partial charge in [0.2, 0.25) is 5.91 Å². The molecule has 1 saturated carbocycles. The molecule has 2 N–H and O–H groups in total. The Kier molecular flexibility index (Phi) is 4.62. The van der Waals surface area contributed by atoms with Crippen molar-refractivity contribution in [2.45, 2.75) is 63.6 Å². The normalized spacial score (nSPS) is 31.9. The van der Waals surface area contributed by atoms with Crippen LogP contribution in [0.1, 0.15) is 51.9 Å². The van der Waals surface area contributed by atoms with Crippen molar-refractivity contribution in [3.63, 3.8) is 0 Å². The van der Waals surface area contributed by atoms with Crippen molar-refractivity contribution in [2.24, 2.45) is 5.92 Å². The molecule has 0 aromatic rings. The first-order valence-electron chi connectivity index (χ1n) is 7.21. The Morgan fingerprint density at radius 3 is 2.56 bits per heavy atom. The van der Waals surface area contributed by atoms with E-state index in [1.165, 1.54) is 12.8 Å². The van der Waals surface area contributed by atoms with Gasteiger partial charge in [0, 0.05) is 6.54 Å². The van der Waals surface area contributed by atoms with Gasteiger partial charge in [0.15, 0.2) is 0 Å². The molecular weight excluding hydrogens is 230 g/mol. The molecular formula is C14H25NO3. The lowest BCUT2D eigenvalue weighted by molar-refractivity contribution is -0.126. The third kappa shape index (κ3) is 3.69. The van der Waals surface area contributed by atoms with Crippen molar-refractivity contribution < 1.29 is 14.6 Å². The minimum absolute atomic E-state index is 0.0330. The highest BCUT2D eigenvalue weighted by Crippen LogP contribution is 2.26. The number of amides is 1. The largest absolute Gasteiger partial charge is 0.388 e. The summed E-state index contributed by atoms with van der Waals surface area (Å²) in [6, 6.07) is 0. The van der Waals surface area contributed by atoms with Crippen molar-refractivity contribution in [1.82, 2.24) is 5.32 Å². The van der Waals surface area contributed by atoms with Crippen LogP contribution in [0.4, 0.5) is 0 Å². The van der Waals surface area contributed by atoms with E-state index in [0.717, 1.165) is 32.1 Å². The van der Waals surface area contributed by atoms with Gasteiger partial charge in [0.25, 0.3) is 0 Å². The van der Waals surface area contributed by atoms with E-state index in [-0.39, 0.29) is 17.9 Å². The summed E-state index contributed by atoms with van der Waals surface area (Å²) >= 11 is 0. The SMILES string of the molecule is CC1CC(C(=O)NCC2(O)CCCCCC2)CO1. The minimum Gasteiger partial charge on any atom is -0.388 e. The zero-order chi connectivity index (χ0) is 13.0. The molecule has 104 valence electrons. The van der Waals surface area contributed by atoms with Crippen LogP contribution in [0, 0.1) is 5.92 Å². The third-order valence-corrected chi connectivity index (χ3v) is 4.20. The molecule has 0 bridgehead atoms. The van der Waals surface area contributed by atoms with Crippen LogP contribution < -0.4 is 5.32 Å². The van der Waals surface area contributed by atoms with E-state index >= 15 is 0 Å². The first-order chi connectivity index (χ1) is 8.59. The van der Waals surface area contributed by atoms with E-state index in [1.807, 2.05) is 6.92 Å². The fourth-order valence-electron chi connectivity index (χ4n) is 2.96. The highest BCUT2D eigenvalue weighted by Gasteiger charge is 2.32. The highest BCUT2D eigenvalue weighted by molar-refractivity contribution is 5.79. The molecule has 1 amide bonds. The molecule has 1 saturated heterocycles. The molecule has 2 unspecified atom stereocenters. The number of hydrogen-bond donors (Lipinski definition) is 2. The monoisotopic (exact) mass is 255 g/mol. The summed E-state index contributed by atoms with van der Waals surface area (Å²) in [4.78, 5) is 12.0. The molecule has 1 aliphatic heterocycles. The third-order valence-electron chi connectivity index (χ3n) is 4.20. The first kappa shape index (κ1) is 13.8. The summed E-state index contributed by atoms with van der Waals surface area (Å²) in [6.07, 6.45) is 7.13. The molecule has 2 aliphatic rings. The van der Waals surface area contributed by atoms with Crippen LogP contribution in [0.2, 0.25) is 0 Å². The van der Waals surface area contributed by atoms with Crippen molar-refractivity contribution in [1.29, 1.82) is 0 Å². The molecule has 0 aromatic carbocycles. The topological polar surface area (TPSA) is 58.6 Å².